The van der Waals surface area contributed by atoms with Gasteiger partial charge in [0.15, 0.2) is 0 Å². The van der Waals surface area contributed by atoms with Crippen LogP contribution in [0.1, 0.15) is 16.7 Å². The first-order chi connectivity index (χ1) is 9.38. The Morgan fingerprint density at radius 2 is 1.68 bits per heavy atom. The van der Waals surface area contributed by atoms with Crippen molar-refractivity contribution in [3.05, 3.63) is 59.3 Å². The van der Waals surface area contributed by atoms with E-state index >= 15 is 0 Å². The molecule has 0 fully saturated rings. The summed E-state index contributed by atoms with van der Waals surface area (Å²) in [7, 11) is 0. The highest BCUT2D eigenvalue weighted by atomic mass is 15.2. The fraction of sp³-hybridized carbons (Fsp3) is 0.250. The number of anilines is 1. The van der Waals surface area contributed by atoms with E-state index < -0.39 is 0 Å². The summed E-state index contributed by atoms with van der Waals surface area (Å²) >= 11 is 0. The number of nitrogens with zero attached hydrogens (tertiary/aromatic N) is 3. The zero-order valence-electron chi connectivity index (χ0n) is 10.7. The minimum atomic E-state index is 0.661. The van der Waals surface area contributed by atoms with Crippen LogP contribution in [0.3, 0.4) is 0 Å². The molecule has 0 bridgehead atoms. The van der Waals surface area contributed by atoms with Crippen molar-refractivity contribution in [1.29, 1.82) is 5.26 Å². The molecular weight excluding hydrogens is 234 g/mol. The molecule has 3 heteroatoms. The molecule has 1 aromatic carbocycles. The Bertz CT molecular complexity index is 601. The molecule has 2 aromatic rings. The van der Waals surface area contributed by atoms with E-state index in [1.54, 1.807) is 6.20 Å². The first kappa shape index (κ1) is 11.7. The second-order valence-electron chi connectivity index (χ2n) is 4.74. The molecule has 0 atom stereocenters. The van der Waals surface area contributed by atoms with Crippen LogP contribution in [0.2, 0.25) is 0 Å². The fourth-order valence-corrected chi connectivity index (χ4v) is 2.62. The molecule has 1 aliphatic heterocycles. The van der Waals surface area contributed by atoms with E-state index in [0.29, 0.717) is 5.56 Å². The third-order valence-electron chi connectivity index (χ3n) is 3.63. The monoisotopic (exact) mass is 249 g/mol. The van der Waals surface area contributed by atoms with Crippen LogP contribution in [0, 0.1) is 11.3 Å². The van der Waals surface area contributed by atoms with E-state index in [1.807, 2.05) is 12.1 Å². The van der Waals surface area contributed by atoms with Crippen molar-refractivity contribution in [2.24, 2.45) is 0 Å². The van der Waals surface area contributed by atoms with Gasteiger partial charge in [-0.25, -0.2) is 4.98 Å². The lowest BCUT2D eigenvalue weighted by Gasteiger charge is -2.22. The number of hydrogen-bond acceptors (Lipinski definition) is 3. The van der Waals surface area contributed by atoms with Gasteiger partial charge in [-0.1, -0.05) is 24.3 Å². The van der Waals surface area contributed by atoms with Gasteiger partial charge < -0.3 is 4.90 Å². The molecule has 3 nitrogen and oxygen atoms in total. The largest absolute Gasteiger partial charge is 0.355 e. The molecule has 3 rings (SSSR count). The molecule has 0 spiro atoms. The van der Waals surface area contributed by atoms with Gasteiger partial charge in [0.1, 0.15) is 11.9 Å². The molecular formula is C16H15N3. The van der Waals surface area contributed by atoms with E-state index in [0.717, 1.165) is 31.7 Å². The maximum absolute atomic E-state index is 9.18. The van der Waals surface area contributed by atoms with Gasteiger partial charge in [-0.15, -0.1) is 0 Å². The van der Waals surface area contributed by atoms with Crippen LogP contribution < -0.4 is 4.90 Å². The lowest BCUT2D eigenvalue weighted by atomic mass is 10.0. The van der Waals surface area contributed by atoms with E-state index in [9.17, 15) is 5.26 Å². The van der Waals surface area contributed by atoms with Crippen molar-refractivity contribution >= 4 is 5.82 Å². The third-order valence-corrected chi connectivity index (χ3v) is 3.63. The maximum Gasteiger partial charge on any atom is 0.146 e. The lowest BCUT2D eigenvalue weighted by molar-refractivity contribution is 0.789. The van der Waals surface area contributed by atoms with Gasteiger partial charge in [0.25, 0.3) is 0 Å². The van der Waals surface area contributed by atoms with Crippen LogP contribution in [-0.2, 0) is 12.8 Å². The molecule has 0 unspecified atom stereocenters. The summed E-state index contributed by atoms with van der Waals surface area (Å²) in [6, 6.07) is 14.5. The summed E-state index contributed by atoms with van der Waals surface area (Å²) < 4.78 is 0. The molecule has 0 N–H and O–H groups in total. The smallest absolute Gasteiger partial charge is 0.146 e. The predicted molar refractivity (Wildman–Crippen MR) is 75.0 cm³/mol. The third kappa shape index (κ3) is 2.30. The minimum absolute atomic E-state index is 0.661. The molecule has 19 heavy (non-hydrogen) atoms. The van der Waals surface area contributed by atoms with E-state index in [2.05, 4.69) is 40.2 Å². The molecule has 1 aromatic heterocycles. The SMILES string of the molecule is N#Cc1cccnc1N1CCc2ccccc2CC1. The second kappa shape index (κ2) is 5.11. The van der Waals surface area contributed by atoms with Crippen molar-refractivity contribution in [3.8, 4) is 6.07 Å². The Kier molecular flexibility index (Phi) is 3.16. The Labute approximate surface area is 113 Å². The number of fused-ring (bicyclic) bond motifs is 1. The summed E-state index contributed by atoms with van der Waals surface area (Å²) in [5.74, 6) is 0.817. The number of benzene rings is 1. The van der Waals surface area contributed by atoms with Gasteiger partial charge in [0.2, 0.25) is 0 Å². The number of rotatable bonds is 1. The van der Waals surface area contributed by atoms with E-state index in [-0.39, 0.29) is 0 Å². The lowest BCUT2D eigenvalue weighted by Crippen LogP contribution is -2.27. The maximum atomic E-state index is 9.18. The molecule has 1 aliphatic rings. The zero-order chi connectivity index (χ0) is 13.1. The molecule has 0 radical (unpaired) electrons. The van der Waals surface area contributed by atoms with Crippen LogP contribution in [-0.4, -0.2) is 18.1 Å². The summed E-state index contributed by atoms with van der Waals surface area (Å²) in [6.07, 6.45) is 3.78. The van der Waals surface area contributed by atoms with Crippen molar-refractivity contribution in [1.82, 2.24) is 4.98 Å². The average Bonchev–Trinajstić information content (AvgIpc) is 2.70. The van der Waals surface area contributed by atoms with Crippen molar-refractivity contribution in [3.63, 3.8) is 0 Å². The molecule has 2 heterocycles. The number of hydrogen-bond donors (Lipinski definition) is 0. The van der Waals surface area contributed by atoms with E-state index in [4.69, 9.17) is 0 Å². The predicted octanol–water partition coefficient (Wildman–Crippen LogP) is 2.56. The highest BCUT2D eigenvalue weighted by Gasteiger charge is 2.17. The number of aromatic nitrogens is 1. The number of nitriles is 1. The average molecular weight is 249 g/mol. The second-order valence-corrected chi connectivity index (χ2v) is 4.74. The van der Waals surface area contributed by atoms with Gasteiger partial charge in [-0.2, -0.15) is 5.26 Å². The quantitative estimate of drug-likeness (QED) is 0.779. The Morgan fingerprint density at radius 3 is 2.32 bits per heavy atom. The topological polar surface area (TPSA) is 39.9 Å². The van der Waals surface area contributed by atoms with Gasteiger partial charge in [-0.05, 0) is 36.1 Å². The van der Waals surface area contributed by atoms with Gasteiger partial charge in [0, 0.05) is 19.3 Å². The van der Waals surface area contributed by atoms with Crippen LogP contribution in [0.5, 0.6) is 0 Å². The van der Waals surface area contributed by atoms with Crippen LogP contribution in [0.15, 0.2) is 42.6 Å². The van der Waals surface area contributed by atoms with Crippen LogP contribution >= 0.6 is 0 Å². The molecule has 94 valence electrons. The standard InChI is InChI=1S/C16H15N3/c17-12-15-6-3-9-18-16(15)19-10-7-13-4-1-2-5-14(13)8-11-19/h1-6,9H,7-8,10-11H2. The van der Waals surface area contributed by atoms with Crippen molar-refractivity contribution in [2.75, 3.05) is 18.0 Å². The number of pyridine rings is 1. The fourth-order valence-electron chi connectivity index (χ4n) is 2.62. The minimum Gasteiger partial charge on any atom is -0.355 e. The molecule has 0 amide bonds. The Hall–Kier alpha value is -2.34. The summed E-state index contributed by atoms with van der Waals surface area (Å²) in [6.45, 7) is 1.84. The van der Waals surface area contributed by atoms with Crippen LogP contribution in [0.25, 0.3) is 0 Å². The van der Waals surface area contributed by atoms with Crippen molar-refractivity contribution < 1.29 is 0 Å². The summed E-state index contributed by atoms with van der Waals surface area (Å²) in [5.41, 5.74) is 3.49. The Morgan fingerprint density at radius 1 is 1.00 bits per heavy atom. The van der Waals surface area contributed by atoms with Crippen LogP contribution in [0.4, 0.5) is 5.82 Å². The first-order valence-corrected chi connectivity index (χ1v) is 6.55. The highest BCUT2D eigenvalue weighted by molar-refractivity contribution is 5.54. The molecule has 0 aliphatic carbocycles. The van der Waals surface area contributed by atoms with Gasteiger partial charge in [-0.3, -0.25) is 0 Å². The molecule has 0 saturated carbocycles. The highest BCUT2D eigenvalue weighted by Crippen LogP contribution is 2.21. The summed E-state index contributed by atoms with van der Waals surface area (Å²) in [5, 5.41) is 9.18. The summed E-state index contributed by atoms with van der Waals surface area (Å²) in [4.78, 5) is 6.60. The first-order valence-electron chi connectivity index (χ1n) is 6.55. The van der Waals surface area contributed by atoms with Crippen molar-refractivity contribution in [2.45, 2.75) is 12.8 Å². The Balaban J connectivity index is 1.88. The normalized spacial score (nSPS) is 14.4. The zero-order valence-corrected chi connectivity index (χ0v) is 10.7. The van der Waals surface area contributed by atoms with Gasteiger partial charge in [0.05, 0.1) is 5.56 Å². The van der Waals surface area contributed by atoms with E-state index in [1.165, 1.54) is 11.1 Å². The van der Waals surface area contributed by atoms with Gasteiger partial charge >= 0.3 is 0 Å². The molecule has 0 saturated heterocycles.